The van der Waals surface area contributed by atoms with Gasteiger partial charge < -0.3 is 0 Å². The summed E-state index contributed by atoms with van der Waals surface area (Å²) in [5.41, 5.74) is 0. The normalized spacial score (nSPS) is 33.3. The summed E-state index contributed by atoms with van der Waals surface area (Å²) in [6, 6.07) is 0. The van der Waals surface area contributed by atoms with Crippen LogP contribution in [0.25, 0.3) is 0 Å². The molecule has 0 amide bonds. The Hall–Kier alpha value is 0.480. The molecule has 1 saturated carbocycles. The zero-order chi connectivity index (χ0) is 8.10. The minimum atomic E-state index is 0.974. The SMILES string of the molecule is CCC1CCCCC(CBr)C1. The van der Waals surface area contributed by atoms with Crippen molar-refractivity contribution in [3.8, 4) is 0 Å². The highest BCUT2D eigenvalue weighted by atomic mass is 79.9. The molecule has 1 fully saturated rings. The molecule has 0 nitrogen and oxygen atoms in total. The molecule has 2 unspecified atom stereocenters. The smallest absolute Gasteiger partial charge is 0.00597 e. The van der Waals surface area contributed by atoms with E-state index in [-0.39, 0.29) is 0 Å². The van der Waals surface area contributed by atoms with E-state index < -0.39 is 0 Å². The molecule has 1 rings (SSSR count). The van der Waals surface area contributed by atoms with Gasteiger partial charge in [-0.05, 0) is 24.7 Å². The van der Waals surface area contributed by atoms with Crippen LogP contribution in [-0.2, 0) is 0 Å². The Bertz CT molecular complexity index is 89.0. The van der Waals surface area contributed by atoms with Crippen LogP contribution in [0.3, 0.4) is 0 Å². The van der Waals surface area contributed by atoms with E-state index in [1.807, 2.05) is 0 Å². The number of rotatable bonds is 2. The molecule has 0 aromatic heterocycles. The van der Waals surface area contributed by atoms with Crippen LogP contribution in [0.1, 0.15) is 45.4 Å². The van der Waals surface area contributed by atoms with E-state index in [1.165, 1.54) is 43.9 Å². The fraction of sp³-hybridized carbons (Fsp3) is 1.00. The standard InChI is InChI=1S/C10H19Br/c1-2-9-5-3-4-6-10(7-9)8-11/h9-10H,2-8H2,1H3. The lowest BCUT2D eigenvalue weighted by molar-refractivity contribution is 0.392. The lowest BCUT2D eigenvalue weighted by Crippen LogP contribution is -2.06. The van der Waals surface area contributed by atoms with Gasteiger partial charge in [-0.1, -0.05) is 48.5 Å². The van der Waals surface area contributed by atoms with E-state index in [9.17, 15) is 0 Å². The van der Waals surface area contributed by atoms with Crippen molar-refractivity contribution in [3.05, 3.63) is 0 Å². The first-order chi connectivity index (χ1) is 5.36. The molecule has 1 aliphatic carbocycles. The van der Waals surface area contributed by atoms with Crippen LogP contribution in [0, 0.1) is 11.8 Å². The van der Waals surface area contributed by atoms with E-state index in [2.05, 4.69) is 22.9 Å². The van der Waals surface area contributed by atoms with Gasteiger partial charge in [0, 0.05) is 5.33 Å². The van der Waals surface area contributed by atoms with Crippen LogP contribution < -0.4 is 0 Å². The zero-order valence-electron chi connectivity index (χ0n) is 7.48. The molecule has 11 heavy (non-hydrogen) atoms. The average molecular weight is 219 g/mol. The molecule has 0 bridgehead atoms. The molecule has 0 aromatic rings. The van der Waals surface area contributed by atoms with Crippen LogP contribution >= 0.6 is 15.9 Å². The molecule has 66 valence electrons. The van der Waals surface area contributed by atoms with Gasteiger partial charge in [0.25, 0.3) is 0 Å². The Morgan fingerprint density at radius 2 is 1.82 bits per heavy atom. The third-order valence-corrected chi connectivity index (χ3v) is 3.85. The highest BCUT2D eigenvalue weighted by Gasteiger charge is 2.17. The maximum absolute atomic E-state index is 3.60. The molecule has 0 saturated heterocycles. The van der Waals surface area contributed by atoms with Crippen molar-refractivity contribution in [2.45, 2.75) is 45.4 Å². The molecular formula is C10H19Br. The van der Waals surface area contributed by atoms with E-state index in [0.717, 1.165) is 11.8 Å². The topological polar surface area (TPSA) is 0 Å². The van der Waals surface area contributed by atoms with E-state index in [0.29, 0.717) is 0 Å². The Kier molecular flexibility index (Phi) is 4.51. The van der Waals surface area contributed by atoms with Gasteiger partial charge in [0.15, 0.2) is 0 Å². The molecule has 0 spiro atoms. The van der Waals surface area contributed by atoms with Gasteiger partial charge in [-0.25, -0.2) is 0 Å². The minimum absolute atomic E-state index is 0.974. The van der Waals surface area contributed by atoms with Crippen LogP contribution in [0.2, 0.25) is 0 Å². The summed E-state index contributed by atoms with van der Waals surface area (Å²) in [6.07, 6.45) is 8.75. The summed E-state index contributed by atoms with van der Waals surface area (Å²) < 4.78 is 0. The highest BCUT2D eigenvalue weighted by Crippen LogP contribution is 2.30. The molecule has 0 aliphatic heterocycles. The Morgan fingerprint density at radius 1 is 1.18 bits per heavy atom. The lowest BCUT2D eigenvalue weighted by Gasteiger charge is -2.15. The molecule has 0 aromatic carbocycles. The molecule has 0 heterocycles. The second-order valence-corrected chi connectivity index (χ2v) is 4.46. The van der Waals surface area contributed by atoms with Gasteiger partial charge in [0.05, 0.1) is 0 Å². The predicted molar refractivity (Wildman–Crippen MR) is 54.2 cm³/mol. The summed E-state index contributed by atoms with van der Waals surface area (Å²) in [5, 5.41) is 1.23. The number of halogens is 1. The third kappa shape index (κ3) is 3.14. The highest BCUT2D eigenvalue weighted by molar-refractivity contribution is 9.09. The summed E-state index contributed by atoms with van der Waals surface area (Å²) in [4.78, 5) is 0. The van der Waals surface area contributed by atoms with Crippen LogP contribution in [0.15, 0.2) is 0 Å². The first-order valence-corrected chi connectivity index (χ1v) is 6.05. The quantitative estimate of drug-likeness (QED) is 0.486. The summed E-state index contributed by atoms with van der Waals surface area (Å²) in [6.45, 7) is 2.33. The first kappa shape index (κ1) is 9.57. The molecule has 2 atom stereocenters. The van der Waals surface area contributed by atoms with Crippen molar-refractivity contribution in [1.82, 2.24) is 0 Å². The molecule has 1 heteroatoms. The van der Waals surface area contributed by atoms with Gasteiger partial charge in [0.2, 0.25) is 0 Å². The largest absolute Gasteiger partial charge is 0.0925 e. The van der Waals surface area contributed by atoms with E-state index in [4.69, 9.17) is 0 Å². The maximum Gasteiger partial charge on any atom is 0.00597 e. The molecule has 1 aliphatic rings. The van der Waals surface area contributed by atoms with E-state index in [1.54, 1.807) is 0 Å². The van der Waals surface area contributed by atoms with Gasteiger partial charge in [-0.2, -0.15) is 0 Å². The van der Waals surface area contributed by atoms with Gasteiger partial charge in [-0.3, -0.25) is 0 Å². The van der Waals surface area contributed by atoms with Crippen molar-refractivity contribution >= 4 is 15.9 Å². The van der Waals surface area contributed by atoms with Crippen molar-refractivity contribution in [2.75, 3.05) is 5.33 Å². The van der Waals surface area contributed by atoms with Crippen LogP contribution in [0.5, 0.6) is 0 Å². The Morgan fingerprint density at radius 3 is 2.36 bits per heavy atom. The molecule has 0 radical (unpaired) electrons. The summed E-state index contributed by atoms with van der Waals surface area (Å²) in [5.74, 6) is 2.00. The fourth-order valence-corrected chi connectivity index (χ4v) is 2.67. The Balaban J connectivity index is 2.33. The monoisotopic (exact) mass is 218 g/mol. The number of alkyl halides is 1. The van der Waals surface area contributed by atoms with Gasteiger partial charge in [0.1, 0.15) is 0 Å². The van der Waals surface area contributed by atoms with Crippen molar-refractivity contribution in [2.24, 2.45) is 11.8 Å². The third-order valence-electron chi connectivity index (χ3n) is 2.94. The van der Waals surface area contributed by atoms with Crippen molar-refractivity contribution in [1.29, 1.82) is 0 Å². The lowest BCUT2D eigenvalue weighted by atomic mass is 9.93. The van der Waals surface area contributed by atoms with Crippen LogP contribution in [0.4, 0.5) is 0 Å². The first-order valence-electron chi connectivity index (χ1n) is 4.92. The molecule has 0 N–H and O–H groups in total. The second kappa shape index (κ2) is 5.18. The van der Waals surface area contributed by atoms with Crippen LogP contribution in [-0.4, -0.2) is 5.33 Å². The fourth-order valence-electron chi connectivity index (χ4n) is 2.08. The summed E-state index contributed by atoms with van der Waals surface area (Å²) >= 11 is 3.60. The van der Waals surface area contributed by atoms with E-state index >= 15 is 0 Å². The second-order valence-electron chi connectivity index (χ2n) is 3.81. The van der Waals surface area contributed by atoms with Gasteiger partial charge in [-0.15, -0.1) is 0 Å². The van der Waals surface area contributed by atoms with Crippen molar-refractivity contribution < 1.29 is 0 Å². The minimum Gasteiger partial charge on any atom is -0.0925 e. The average Bonchev–Trinajstić information content (AvgIpc) is 2.28. The van der Waals surface area contributed by atoms with Gasteiger partial charge >= 0.3 is 0 Å². The zero-order valence-corrected chi connectivity index (χ0v) is 9.07. The predicted octanol–water partition coefficient (Wildman–Crippen LogP) is 3.99. The Labute approximate surface area is 78.9 Å². The maximum atomic E-state index is 3.60. The molecular weight excluding hydrogens is 200 g/mol. The number of hydrogen-bond donors (Lipinski definition) is 0. The summed E-state index contributed by atoms with van der Waals surface area (Å²) in [7, 11) is 0. The number of hydrogen-bond acceptors (Lipinski definition) is 0. The van der Waals surface area contributed by atoms with Crippen molar-refractivity contribution in [3.63, 3.8) is 0 Å².